The van der Waals surface area contributed by atoms with Crippen LogP contribution in [0.1, 0.15) is 19.3 Å². The smallest absolute Gasteiger partial charge is 0.349 e. The molecule has 1 rings (SSSR count). The minimum Gasteiger partial charge on any atom is -0.349 e. The topological polar surface area (TPSA) is 55.1 Å². The molecule has 0 aromatic rings. The van der Waals surface area contributed by atoms with Gasteiger partial charge in [0.25, 0.3) is 0 Å². The fourth-order valence-electron chi connectivity index (χ4n) is 1.05. The predicted octanol–water partition coefficient (Wildman–Crippen LogP) is 0.546. The molecular formula is C7H11F3N2O. The Kier molecular flexibility index (Phi) is 2.51. The van der Waals surface area contributed by atoms with Crippen LogP contribution in [-0.4, -0.2) is 24.2 Å². The first-order chi connectivity index (χ1) is 5.87. The maximum atomic E-state index is 11.7. The van der Waals surface area contributed by atoms with Crippen molar-refractivity contribution in [2.75, 3.05) is 6.54 Å². The van der Waals surface area contributed by atoms with Gasteiger partial charge in [-0.3, -0.25) is 4.79 Å². The summed E-state index contributed by atoms with van der Waals surface area (Å²) < 4.78 is 35.1. The lowest BCUT2D eigenvalue weighted by molar-refractivity contribution is -0.154. The van der Waals surface area contributed by atoms with E-state index >= 15 is 0 Å². The zero-order chi connectivity index (χ0) is 10.1. The zero-order valence-electron chi connectivity index (χ0n) is 6.95. The van der Waals surface area contributed by atoms with E-state index < -0.39 is 24.0 Å². The molecule has 0 heterocycles. The van der Waals surface area contributed by atoms with Crippen molar-refractivity contribution in [2.24, 2.45) is 5.73 Å². The van der Waals surface area contributed by atoms with Gasteiger partial charge in [-0.1, -0.05) is 0 Å². The number of rotatable bonds is 3. The molecule has 0 aliphatic heterocycles. The summed E-state index contributed by atoms with van der Waals surface area (Å²) in [6, 6.07) is 0. The standard InChI is InChI=1S/C7H11F3N2O/c8-7(9,10)3-5(13)12-6(4-11)1-2-6/h1-4,11H2,(H,12,13). The van der Waals surface area contributed by atoms with Crippen molar-refractivity contribution in [3.8, 4) is 0 Å². The van der Waals surface area contributed by atoms with Crippen LogP contribution in [0.3, 0.4) is 0 Å². The molecule has 0 aromatic heterocycles. The Balaban J connectivity index is 2.34. The maximum Gasteiger partial charge on any atom is 0.397 e. The van der Waals surface area contributed by atoms with Crippen molar-refractivity contribution in [3.63, 3.8) is 0 Å². The van der Waals surface area contributed by atoms with Crippen LogP contribution in [0.5, 0.6) is 0 Å². The summed E-state index contributed by atoms with van der Waals surface area (Å²) in [5.41, 5.74) is 4.75. The lowest BCUT2D eigenvalue weighted by Gasteiger charge is -2.15. The summed E-state index contributed by atoms with van der Waals surface area (Å²) in [6.45, 7) is 0.205. The molecular weight excluding hydrogens is 185 g/mol. The highest BCUT2D eigenvalue weighted by Gasteiger charge is 2.44. The zero-order valence-corrected chi connectivity index (χ0v) is 6.95. The van der Waals surface area contributed by atoms with Crippen LogP contribution < -0.4 is 11.1 Å². The van der Waals surface area contributed by atoms with E-state index in [9.17, 15) is 18.0 Å². The van der Waals surface area contributed by atoms with Crippen LogP contribution in [0.4, 0.5) is 13.2 Å². The van der Waals surface area contributed by atoms with Gasteiger partial charge < -0.3 is 11.1 Å². The van der Waals surface area contributed by atoms with Gasteiger partial charge in [0.15, 0.2) is 0 Å². The van der Waals surface area contributed by atoms with Crippen molar-refractivity contribution in [1.82, 2.24) is 5.32 Å². The van der Waals surface area contributed by atoms with Gasteiger partial charge in [0.05, 0.1) is 5.54 Å². The number of carbonyl (C=O) groups excluding carboxylic acids is 1. The summed E-state index contributed by atoms with van der Waals surface area (Å²) in [6.07, 6.45) is -4.51. The minimum absolute atomic E-state index is 0.205. The molecule has 0 atom stereocenters. The van der Waals surface area contributed by atoms with Gasteiger partial charge in [0.2, 0.25) is 5.91 Å². The van der Waals surface area contributed by atoms with Crippen LogP contribution in [0, 0.1) is 0 Å². The molecule has 0 saturated heterocycles. The molecule has 0 radical (unpaired) electrons. The Hall–Kier alpha value is -0.780. The molecule has 0 unspecified atom stereocenters. The molecule has 3 nitrogen and oxygen atoms in total. The van der Waals surface area contributed by atoms with Crippen molar-refractivity contribution >= 4 is 5.91 Å². The molecule has 0 aromatic carbocycles. The molecule has 0 spiro atoms. The average Bonchev–Trinajstić information content (AvgIpc) is 2.65. The maximum absolute atomic E-state index is 11.7. The van der Waals surface area contributed by atoms with E-state index in [2.05, 4.69) is 5.32 Å². The van der Waals surface area contributed by atoms with Gasteiger partial charge >= 0.3 is 6.18 Å². The van der Waals surface area contributed by atoms with Gasteiger partial charge in [0, 0.05) is 6.54 Å². The Morgan fingerprint density at radius 1 is 1.46 bits per heavy atom. The fourth-order valence-corrected chi connectivity index (χ4v) is 1.05. The van der Waals surface area contributed by atoms with Crippen LogP contribution in [0.2, 0.25) is 0 Å². The number of alkyl halides is 3. The highest BCUT2D eigenvalue weighted by Crippen LogP contribution is 2.34. The van der Waals surface area contributed by atoms with Crippen molar-refractivity contribution in [3.05, 3.63) is 0 Å². The second-order valence-corrected chi connectivity index (χ2v) is 3.32. The summed E-state index contributed by atoms with van der Waals surface area (Å²) in [5.74, 6) is -0.990. The minimum atomic E-state index is -4.44. The van der Waals surface area contributed by atoms with Crippen molar-refractivity contribution in [2.45, 2.75) is 31.0 Å². The Morgan fingerprint density at radius 3 is 2.31 bits per heavy atom. The molecule has 1 fully saturated rings. The fraction of sp³-hybridized carbons (Fsp3) is 0.857. The normalized spacial score (nSPS) is 19.7. The van der Waals surface area contributed by atoms with Gasteiger partial charge in [-0.15, -0.1) is 0 Å². The third-order valence-corrected chi connectivity index (χ3v) is 2.01. The SMILES string of the molecule is NCC1(NC(=O)CC(F)(F)F)CC1. The summed E-state index contributed by atoms with van der Waals surface area (Å²) in [5, 5.41) is 2.29. The van der Waals surface area contributed by atoms with E-state index in [1.807, 2.05) is 0 Å². The molecule has 3 N–H and O–H groups in total. The number of carbonyl (C=O) groups is 1. The van der Waals surface area contributed by atoms with Crippen LogP contribution in [0.15, 0.2) is 0 Å². The Morgan fingerprint density at radius 2 is 2.00 bits per heavy atom. The Labute approximate surface area is 73.5 Å². The van der Waals surface area contributed by atoms with Gasteiger partial charge in [-0.05, 0) is 12.8 Å². The quantitative estimate of drug-likeness (QED) is 0.692. The van der Waals surface area contributed by atoms with Gasteiger partial charge in [-0.2, -0.15) is 13.2 Å². The van der Waals surface area contributed by atoms with Crippen molar-refractivity contribution in [1.29, 1.82) is 0 Å². The van der Waals surface area contributed by atoms with E-state index in [1.54, 1.807) is 0 Å². The van der Waals surface area contributed by atoms with Crippen molar-refractivity contribution < 1.29 is 18.0 Å². The van der Waals surface area contributed by atoms with E-state index in [1.165, 1.54) is 0 Å². The molecule has 0 bridgehead atoms. The second kappa shape index (κ2) is 3.17. The number of amides is 1. The third kappa shape index (κ3) is 3.22. The lowest BCUT2D eigenvalue weighted by atomic mass is 10.2. The van der Waals surface area contributed by atoms with Gasteiger partial charge in [-0.25, -0.2) is 0 Å². The number of hydrogen-bond acceptors (Lipinski definition) is 2. The van der Waals surface area contributed by atoms with Crippen LogP contribution in [0.25, 0.3) is 0 Å². The summed E-state index contributed by atoms with van der Waals surface area (Å²) in [7, 11) is 0. The highest BCUT2D eigenvalue weighted by atomic mass is 19.4. The monoisotopic (exact) mass is 196 g/mol. The third-order valence-electron chi connectivity index (χ3n) is 2.01. The highest BCUT2D eigenvalue weighted by molar-refractivity contribution is 5.77. The molecule has 13 heavy (non-hydrogen) atoms. The largest absolute Gasteiger partial charge is 0.397 e. The van der Waals surface area contributed by atoms with Crippen LogP contribution in [-0.2, 0) is 4.79 Å². The lowest BCUT2D eigenvalue weighted by Crippen LogP contribution is -2.43. The molecule has 76 valence electrons. The Bertz CT molecular complexity index is 210. The number of nitrogens with one attached hydrogen (secondary N) is 1. The van der Waals surface area contributed by atoms with E-state index in [4.69, 9.17) is 5.73 Å². The average molecular weight is 196 g/mol. The first kappa shape index (κ1) is 10.3. The van der Waals surface area contributed by atoms with E-state index in [-0.39, 0.29) is 6.54 Å². The predicted molar refractivity (Wildman–Crippen MR) is 39.8 cm³/mol. The first-order valence-corrected chi connectivity index (χ1v) is 3.95. The second-order valence-electron chi connectivity index (χ2n) is 3.32. The van der Waals surface area contributed by atoms with E-state index in [0.717, 1.165) is 0 Å². The van der Waals surface area contributed by atoms with Gasteiger partial charge in [0.1, 0.15) is 6.42 Å². The number of halogens is 3. The van der Waals surface area contributed by atoms with E-state index in [0.29, 0.717) is 12.8 Å². The molecule has 6 heteroatoms. The van der Waals surface area contributed by atoms with Crippen LogP contribution >= 0.6 is 0 Å². The molecule has 1 amide bonds. The number of nitrogens with two attached hydrogens (primary N) is 1. The molecule has 1 saturated carbocycles. The first-order valence-electron chi connectivity index (χ1n) is 3.95. The molecule has 1 aliphatic carbocycles. The summed E-state index contributed by atoms with van der Waals surface area (Å²) >= 11 is 0. The number of hydrogen-bond donors (Lipinski definition) is 2. The summed E-state index contributed by atoms with van der Waals surface area (Å²) in [4.78, 5) is 10.8. The molecule has 1 aliphatic rings.